The number of piperidine rings is 1. The molecule has 1 atom stereocenters. The van der Waals surface area contributed by atoms with Crippen molar-refractivity contribution in [3.8, 4) is 22.9 Å². The van der Waals surface area contributed by atoms with Crippen LogP contribution >= 0.6 is 0 Å². The Morgan fingerprint density at radius 3 is 2.49 bits per heavy atom. The molecular weight excluding hydrogens is 470 g/mol. The van der Waals surface area contributed by atoms with E-state index in [0.29, 0.717) is 29.8 Å². The summed E-state index contributed by atoms with van der Waals surface area (Å²) >= 11 is 0. The minimum Gasteiger partial charge on any atom is -0.493 e. The quantitative estimate of drug-likeness (QED) is 0.461. The fraction of sp³-hybridized carbons (Fsp3) is 0.464. The van der Waals surface area contributed by atoms with Gasteiger partial charge in [0.1, 0.15) is 0 Å². The molecule has 2 fully saturated rings. The van der Waals surface area contributed by atoms with Crippen molar-refractivity contribution in [3.05, 3.63) is 60.0 Å². The third-order valence-electron chi connectivity index (χ3n) is 7.26. The number of hydrogen-bond acceptors (Lipinski definition) is 8. The predicted molar refractivity (Wildman–Crippen MR) is 139 cm³/mol. The molecule has 0 saturated carbocycles. The van der Waals surface area contributed by atoms with E-state index in [1.165, 1.54) is 5.56 Å². The van der Waals surface area contributed by atoms with Crippen molar-refractivity contribution in [2.24, 2.45) is 5.92 Å². The van der Waals surface area contributed by atoms with Crippen molar-refractivity contribution >= 4 is 5.91 Å². The van der Waals surface area contributed by atoms with Crippen molar-refractivity contribution in [2.75, 3.05) is 53.5 Å². The van der Waals surface area contributed by atoms with E-state index >= 15 is 0 Å². The maximum absolute atomic E-state index is 13.3. The van der Waals surface area contributed by atoms with Gasteiger partial charge in [0.25, 0.3) is 0 Å². The molecule has 2 aliphatic rings. The molecule has 0 radical (unpaired) electrons. The Hall–Kier alpha value is -3.43. The molecule has 2 aliphatic heterocycles. The van der Waals surface area contributed by atoms with Crippen molar-refractivity contribution in [2.45, 2.75) is 25.9 Å². The zero-order chi connectivity index (χ0) is 25.6. The summed E-state index contributed by atoms with van der Waals surface area (Å²) in [6.45, 7) is 6.53. The molecule has 3 aromatic rings. The number of ether oxygens (including phenoxy) is 2. The monoisotopic (exact) mass is 505 g/mol. The Bertz CT molecular complexity index is 1180. The molecule has 2 aromatic carbocycles. The Kier molecular flexibility index (Phi) is 8.01. The Morgan fingerprint density at radius 1 is 0.946 bits per heavy atom. The van der Waals surface area contributed by atoms with Crippen LogP contribution in [-0.4, -0.2) is 84.2 Å². The summed E-state index contributed by atoms with van der Waals surface area (Å²) in [5.74, 6) is 2.62. The van der Waals surface area contributed by atoms with Gasteiger partial charge in [0, 0.05) is 44.8 Å². The van der Waals surface area contributed by atoms with Gasteiger partial charge in [-0.2, -0.15) is 4.98 Å². The Balaban J connectivity index is 1.14. The zero-order valence-corrected chi connectivity index (χ0v) is 21.6. The van der Waals surface area contributed by atoms with E-state index in [-0.39, 0.29) is 11.8 Å². The molecule has 9 heteroatoms. The number of benzene rings is 2. The van der Waals surface area contributed by atoms with Crippen LogP contribution in [0, 0.1) is 5.92 Å². The van der Waals surface area contributed by atoms with Gasteiger partial charge in [-0.15, -0.1) is 0 Å². The van der Waals surface area contributed by atoms with Crippen LogP contribution in [0.1, 0.15) is 24.3 Å². The Labute approximate surface area is 217 Å². The minimum atomic E-state index is 0.0164. The van der Waals surface area contributed by atoms with Crippen LogP contribution in [-0.2, 0) is 17.9 Å². The number of carbonyl (C=O) groups is 1. The van der Waals surface area contributed by atoms with Crippen molar-refractivity contribution < 1.29 is 18.8 Å². The number of piperazine rings is 1. The van der Waals surface area contributed by atoms with E-state index in [1.54, 1.807) is 14.2 Å². The summed E-state index contributed by atoms with van der Waals surface area (Å²) in [4.78, 5) is 24.7. The van der Waals surface area contributed by atoms with Gasteiger partial charge in [-0.25, -0.2) is 0 Å². The molecule has 2 saturated heterocycles. The molecule has 0 bridgehead atoms. The number of nitrogens with zero attached hydrogens (tertiary/aromatic N) is 5. The van der Waals surface area contributed by atoms with Crippen LogP contribution < -0.4 is 9.47 Å². The first-order valence-corrected chi connectivity index (χ1v) is 13.0. The van der Waals surface area contributed by atoms with Gasteiger partial charge >= 0.3 is 0 Å². The number of likely N-dealkylation sites (tertiary alicyclic amines) is 1. The average molecular weight is 506 g/mol. The number of hydrogen-bond donors (Lipinski definition) is 0. The lowest BCUT2D eigenvalue weighted by Crippen LogP contribution is -2.52. The molecule has 3 heterocycles. The molecule has 1 unspecified atom stereocenters. The summed E-state index contributed by atoms with van der Waals surface area (Å²) in [7, 11) is 3.20. The molecule has 37 heavy (non-hydrogen) atoms. The van der Waals surface area contributed by atoms with Crippen LogP contribution in [0.5, 0.6) is 11.5 Å². The predicted octanol–water partition coefficient (Wildman–Crippen LogP) is 3.31. The first kappa shape index (κ1) is 25.2. The molecular formula is C28H35N5O4. The number of amides is 1. The normalized spacial score (nSPS) is 19.1. The van der Waals surface area contributed by atoms with Gasteiger partial charge in [0.05, 0.1) is 26.7 Å². The summed E-state index contributed by atoms with van der Waals surface area (Å²) in [5.41, 5.74) is 2.12. The highest BCUT2D eigenvalue weighted by molar-refractivity contribution is 5.79. The van der Waals surface area contributed by atoms with Gasteiger partial charge in [-0.3, -0.25) is 14.6 Å². The lowest BCUT2D eigenvalue weighted by atomic mass is 9.96. The largest absolute Gasteiger partial charge is 0.493 e. The van der Waals surface area contributed by atoms with E-state index in [9.17, 15) is 4.79 Å². The molecule has 0 spiro atoms. The SMILES string of the molecule is COc1ccc(-c2noc(CN3CCCC(C(=O)N4CCN(Cc5ccccc5)CC4)C3)n2)cc1OC. The standard InChI is InChI=1S/C28H35N5O4/c1-35-24-11-10-22(17-25(24)36-2)27-29-26(37-30-27)20-32-12-6-9-23(19-32)28(34)33-15-13-31(14-16-33)18-21-7-4-3-5-8-21/h3-5,7-8,10-11,17,23H,6,9,12-16,18-20H2,1-2H3. The summed E-state index contributed by atoms with van der Waals surface area (Å²) < 4.78 is 16.2. The van der Waals surface area contributed by atoms with Gasteiger partial charge < -0.3 is 18.9 Å². The topological polar surface area (TPSA) is 84.2 Å². The second kappa shape index (κ2) is 11.7. The molecule has 1 aromatic heterocycles. The highest BCUT2D eigenvalue weighted by Crippen LogP contribution is 2.31. The number of aromatic nitrogens is 2. The molecule has 196 valence electrons. The van der Waals surface area contributed by atoms with Gasteiger partial charge in [-0.1, -0.05) is 35.5 Å². The van der Waals surface area contributed by atoms with E-state index in [1.807, 2.05) is 24.3 Å². The molecule has 0 aliphatic carbocycles. The summed E-state index contributed by atoms with van der Waals surface area (Å²) in [6, 6.07) is 16.1. The lowest BCUT2D eigenvalue weighted by molar-refractivity contribution is -0.139. The summed E-state index contributed by atoms with van der Waals surface area (Å²) in [5, 5.41) is 4.16. The van der Waals surface area contributed by atoms with Crippen LogP contribution in [0.15, 0.2) is 53.1 Å². The number of methoxy groups -OCH3 is 2. The van der Waals surface area contributed by atoms with Crippen molar-refractivity contribution in [3.63, 3.8) is 0 Å². The van der Waals surface area contributed by atoms with Gasteiger partial charge in [0.2, 0.25) is 17.6 Å². The van der Waals surface area contributed by atoms with E-state index in [4.69, 9.17) is 14.0 Å². The van der Waals surface area contributed by atoms with Gasteiger partial charge in [0.15, 0.2) is 11.5 Å². The van der Waals surface area contributed by atoms with Crippen LogP contribution in [0.4, 0.5) is 0 Å². The van der Waals surface area contributed by atoms with Crippen LogP contribution in [0.2, 0.25) is 0 Å². The van der Waals surface area contributed by atoms with E-state index < -0.39 is 0 Å². The number of rotatable bonds is 8. The highest BCUT2D eigenvalue weighted by Gasteiger charge is 2.31. The number of carbonyl (C=O) groups excluding carboxylic acids is 1. The Morgan fingerprint density at radius 2 is 1.73 bits per heavy atom. The molecule has 5 rings (SSSR count). The third-order valence-corrected chi connectivity index (χ3v) is 7.26. The first-order chi connectivity index (χ1) is 18.1. The highest BCUT2D eigenvalue weighted by atomic mass is 16.5. The fourth-order valence-electron chi connectivity index (χ4n) is 5.23. The summed E-state index contributed by atoms with van der Waals surface area (Å²) in [6.07, 6.45) is 1.92. The smallest absolute Gasteiger partial charge is 0.241 e. The lowest BCUT2D eigenvalue weighted by Gasteiger charge is -2.38. The first-order valence-electron chi connectivity index (χ1n) is 13.0. The van der Waals surface area contributed by atoms with Crippen molar-refractivity contribution in [1.29, 1.82) is 0 Å². The third kappa shape index (κ3) is 6.11. The molecule has 1 amide bonds. The van der Waals surface area contributed by atoms with E-state index in [0.717, 1.165) is 64.2 Å². The van der Waals surface area contributed by atoms with Gasteiger partial charge in [-0.05, 0) is 43.1 Å². The minimum absolute atomic E-state index is 0.0164. The van der Waals surface area contributed by atoms with Crippen LogP contribution in [0.25, 0.3) is 11.4 Å². The second-order valence-corrected chi connectivity index (χ2v) is 9.74. The molecule has 9 nitrogen and oxygen atoms in total. The fourth-order valence-corrected chi connectivity index (χ4v) is 5.23. The second-order valence-electron chi connectivity index (χ2n) is 9.74. The maximum atomic E-state index is 13.3. The zero-order valence-electron chi connectivity index (χ0n) is 21.6. The van der Waals surface area contributed by atoms with E-state index in [2.05, 4.69) is 49.1 Å². The average Bonchev–Trinajstić information content (AvgIpc) is 3.42. The molecule has 0 N–H and O–H groups in total. The maximum Gasteiger partial charge on any atom is 0.241 e. The van der Waals surface area contributed by atoms with Crippen molar-refractivity contribution in [1.82, 2.24) is 24.8 Å². The van der Waals surface area contributed by atoms with Crippen LogP contribution in [0.3, 0.4) is 0 Å².